The summed E-state index contributed by atoms with van der Waals surface area (Å²) in [6.07, 6.45) is -3.58. The molecule has 3 heterocycles. The fraction of sp³-hybridized carbons (Fsp3) is 0.571. The highest BCUT2D eigenvalue weighted by Gasteiger charge is 2.53. The number of benzene rings is 1. The minimum atomic E-state index is -4.58. The third kappa shape index (κ3) is 4.91. The molecular formula is C21H24F3N3O5S. The highest BCUT2D eigenvalue weighted by molar-refractivity contribution is 8.01. The summed E-state index contributed by atoms with van der Waals surface area (Å²) < 4.78 is 50.1. The van der Waals surface area contributed by atoms with Gasteiger partial charge in [-0.2, -0.15) is 13.2 Å². The monoisotopic (exact) mass is 487 g/mol. The fourth-order valence-corrected chi connectivity index (χ4v) is 5.72. The molecule has 0 aliphatic carbocycles. The Morgan fingerprint density at radius 1 is 1.30 bits per heavy atom. The second kappa shape index (κ2) is 9.05. The van der Waals surface area contributed by atoms with Gasteiger partial charge in [-0.1, -0.05) is 0 Å². The molecular weight excluding hydrogens is 463 g/mol. The topological polar surface area (TPSA) is 88.2 Å². The molecule has 8 nitrogen and oxygen atoms in total. The predicted octanol–water partition coefficient (Wildman–Crippen LogP) is 2.48. The lowest BCUT2D eigenvalue weighted by Gasteiger charge is -2.31. The van der Waals surface area contributed by atoms with Gasteiger partial charge in [-0.25, -0.2) is 4.79 Å². The quantitative estimate of drug-likeness (QED) is 0.639. The summed E-state index contributed by atoms with van der Waals surface area (Å²) in [6, 6.07) is 2.36. The molecule has 0 radical (unpaired) electrons. The minimum absolute atomic E-state index is 0.0218. The van der Waals surface area contributed by atoms with Crippen molar-refractivity contribution in [1.82, 2.24) is 4.90 Å². The van der Waals surface area contributed by atoms with Gasteiger partial charge in [0.05, 0.1) is 35.0 Å². The SMILES string of the molecule is C[C@@]12CCC(=O)N1[C@H](C(=O)OCC(=O)Nc1cc(C(F)(F)F)ccc1N1CCOCC1)CS2. The Bertz CT molecular complexity index is 954. The van der Waals surface area contributed by atoms with Crippen LogP contribution in [0.15, 0.2) is 18.2 Å². The molecule has 0 saturated carbocycles. The van der Waals surface area contributed by atoms with Crippen molar-refractivity contribution in [3.05, 3.63) is 23.8 Å². The molecule has 1 aromatic rings. The van der Waals surface area contributed by atoms with Crippen LogP contribution in [0, 0.1) is 0 Å². The van der Waals surface area contributed by atoms with Gasteiger partial charge in [0.15, 0.2) is 6.61 Å². The number of ether oxygens (including phenoxy) is 2. The number of nitrogens with zero attached hydrogens (tertiary/aromatic N) is 2. The van der Waals surface area contributed by atoms with Gasteiger partial charge in [0.2, 0.25) is 5.91 Å². The molecule has 3 aliphatic rings. The average Bonchev–Trinajstić information content (AvgIpc) is 3.27. The van der Waals surface area contributed by atoms with Gasteiger partial charge in [0.25, 0.3) is 5.91 Å². The molecule has 0 bridgehead atoms. The summed E-state index contributed by atoms with van der Waals surface area (Å²) in [7, 11) is 0. The first-order valence-electron chi connectivity index (χ1n) is 10.5. The van der Waals surface area contributed by atoms with Crippen LogP contribution in [0.1, 0.15) is 25.3 Å². The van der Waals surface area contributed by atoms with Crippen molar-refractivity contribution in [3.8, 4) is 0 Å². The third-order valence-electron chi connectivity index (χ3n) is 6.01. The van der Waals surface area contributed by atoms with Gasteiger partial charge in [-0.05, 0) is 31.5 Å². The molecule has 33 heavy (non-hydrogen) atoms. The van der Waals surface area contributed by atoms with Gasteiger partial charge in [0, 0.05) is 25.3 Å². The first-order valence-corrected chi connectivity index (χ1v) is 11.5. The summed E-state index contributed by atoms with van der Waals surface area (Å²) in [5, 5.41) is 2.44. The van der Waals surface area contributed by atoms with Crippen molar-refractivity contribution in [1.29, 1.82) is 0 Å². The van der Waals surface area contributed by atoms with E-state index in [1.807, 2.05) is 11.8 Å². The first kappa shape index (κ1) is 23.7. The number of thioether (sulfide) groups is 1. The van der Waals surface area contributed by atoms with E-state index in [2.05, 4.69) is 5.32 Å². The lowest BCUT2D eigenvalue weighted by molar-refractivity contribution is -0.155. The van der Waals surface area contributed by atoms with E-state index in [9.17, 15) is 27.6 Å². The number of amides is 2. The minimum Gasteiger partial charge on any atom is -0.454 e. The molecule has 180 valence electrons. The van der Waals surface area contributed by atoms with Crippen molar-refractivity contribution in [2.24, 2.45) is 0 Å². The molecule has 3 saturated heterocycles. The van der Waals surface area contributed by atoms with Gasteiger partial charge >= 0.3 is 12.1 Å². The first-order chi connectivity index (χ1) is 15.6. The van der Waals surface area contributed by atoms with Crippen LogP contribution in [0.5, 0.6) is 0 Å². The smallest absolute Gasteiger partial charge is 0.416 e. The number of morpholine rings is 1. The maximum atomic E-state index is 13.2. The molecule has 1 aromatic carbocycles. The second-order valence-electron chi connectivity index (χ2n) is 8.25. The van der Waals surface area contributed by atoms with Gasteiger partial charge in [-0.15, -0.1) is 11.8 Å². The lowest BCUT2D eigenvalue weighted by atomic mass is 10.1. The number of anilines is 2. The number of nitrogens with one attached hydrogen (secondary N) is 1. The van der Waals surface area contributed by atoms with E-state index >= 15 is 0 Å². The molecule has 0 spiro atoms. The predicted molar refractivity (Wildman–Crippen MR) is 115 cm³/mol. The molecule has 0 unspecified atom stereocenters. The number of hydrogen-bond acceptors (Lipinski definition) is 7. The molecule has 4 rings (SSSR count). The number of rotatable bonds is 5. The van der Waals surface area contributed by atoms with Crippen molar-refractivity contribution in [2.45, 2.75) is 36.9 Å². The van der Waals surface area contributed by atoms with Crippen molar-refractivity contribution in [3.63, 3.8) is 0 Å². The van der Waals surface area contributed by atoms with Crippen LogP contribution >= 0.6 is 11.8 Å². The molecule has 3 aliphatic heterocycles. The highest BCUT2D eigenvalue weighted by Crippen LogP contribution is 2.47. The van der Waals surface area contributed by atoms with Crippen molar-refractivity contribution in [2.75, 3.05) is 48.9 Å². The Hall–Kier alpha value is -2.47. The molecule has 12 heteroatoms. The molecule has 3 fully saturated rings. The summed E-state index contributed by atoms with van der Waals surface area (Å²) in [5.41, 5.74) is -0.496. The Morgan fingerprint density at radius 2 is 2.03 bits per heavy atom. The number of fused-ring (bicyclic) bond motifs is 1. The van der Waals surface area contributed by atoms with Gasteiger partial charge < -0.3 is 24.6 Å². The van der Waals surface area contributed by atoms with Crippen LogP contribution in [0.2, 0.25) is 0 Å². The Kier molecular flexibility index (Phi) is 6.50. The number of hydrogen-bond donors (Lipinski definition) is 1. The van der Waals surface area contributed by atoms with Gasteiger partial charge in [0.1, 0.15) is 6.04 Å². The van der Waals surface area contributed by atoms with E-state index in [1.165, 1.54) is 22.7 Å². The maximum Gasteiger partial charge on any atom is 0.416 e. The third-order valence-corrected chi connectivity index (χ3v) is 7.52. The zero-order chi connectivity index (χ0) is 23.8. The average molecular weight is 488 g/mol. The summed E-state index contributed by atoms with van der Waals surface area (Å²) >= 11 is 1.50. The van der Waals surface area contributed by atoms with Crippen LogP contribution < -0.4 is 10.2 Å². The standard InChI is InChI=1S/C21H24F3N3O5S/c1-20-5-4-18(29)27(20)16(12-33-20)19(30)32-11-17(28)25-14-10-13(21(22,23)24)2-3-15(14)26-6-8-31-9-7-26/h2-3,10,16H,4-9,11-12H2,1H3,(H,25,28)/t16-,20+/m0/s1. The molecule has 2 amide bonds. The number of carbonyl (C=O) groups excluding carboxylic acids is 3. The van der Waals surface area contributed by atoms with E-state index in [4.69, 9.17) is 9.47 Å². The summed E-state index contributed by atoms with van der Waals surface area (Å²) in [5.74, 6) is -1.22. The van der Waals surface area contributed by atoms with Crippen LogP contribution in [0.25, 0.3) is 0 Å². The number of alkyl halides is 3. The van der Waals surface area contributed by atoms with E-state index in [-0.39, 0.29) is 11.6 Å². The van der Waals surface area contributed by atoms with Crippen molar-refractivity contribution < 1.29 is 37.0 Å². The van der Waals surface area contributed by atoms with Gasteiger partial charge in [-0.3, -0.25) is 9.59 Å². The number of halogens is 3. The lowest BCUT2D eigenvalue weighted by Crippen LogP contribution is -2.47. The fourth-order valence-electron chi connectivity index (χ4n) is 4.31. The second-order valence-corrected chi connectivity index (χ2v) is 9.75. The van der Waals surface area contributed by atoms with E-state index in [0.717, 1.165) is 12.1 Å². The Balaban J connectivity index is 1.43. The number of esters is 1. The summed E-state index contributed by atoms with van der Waals surface area (Å²) in [6.45, 7) is 2.98. The molecule has 2 atom stereocenters. The normalized spacial score (nSPS) is 25.2. The van der Waals surface area contributed by atoms with E-state index in [1.54, 1.807) is 0 Å². The maximum absolute atomic E-state index is 13.2. The summed E-state index contributed by atoms with van der Waals surface area (Å²) in [4.78, 5) is 40.1. The zero-order valence-corrected chi connectivity index (χ0v) is 18.8. The Labute approximate surface area is 192 Å². The zero-order valence-electron chi connectivity index (χ0n) is 17.9. The van der Waals surface area contributed by atoms with E-state index < -0.39 is 41.1 Å². The van der Waals surface area contributed by atoms with E-state index in [0.29, 0.717) is 50.6 Å². The van der Waals surface area contributed by atoms with Crippen LogP contribution in [-0.4, -0.2) is 72.3 Å². The molecule has 0 aromatic heterocycles. The van der Waals surface area contributed by atoms with Crippen LogP contribution in [0.3, 0.4) is 0 Å². The Morgan fingerprint density at radius 3 is 2.73 bits per heavy atom. The van der Waals surface area contributed by atoms with Crippen LogP contribution in [-0.2, 0) is 30.0 Å². The van der Waals surface area contributed by atoms with Crippen molar-refractivity contribution >= 4 is 40.9 Å². The highest BCUT2D eigenvalue weighted by atomic mass is 32.2. The van der Waals surface area contributed by atoms with Crippen LogP contribution in [0.4, 0.5) is 24.5 Å². The largest absolute Gasteiger partial charge is 0.454 e. The number of carbonyl (C=O) groups is 3. The molecule has 1 N–H and O–H groups in total.